The number of nitrogens with zero attached hydrogens (tertiary/aromatic N) is 4. The molecule has 29 heavy (non-hydrogen) atoms. The fraction of sp³-hybridized carbons (Fsp3) is 0.474. The summed E-state index contributed by atoms with van der Waals surface area (Å²) in [5.41, 5.74) is 0.104. The Hall–Kier alpha value is -1.85. The van der Waals surface area contributed by atoms with Gasteiger partial charge in [-0.3, -0.25) is 4.68 Å². The summed E-state index contributed by atoms with van der Waals surface area (Å²) in [6, 6.07) is 2.70. The number of likely N-dealkylation sites (tertiary alicyclic amines) is 1. The lowest BCUT2D eigenvalue weighted by Crippen LogP contribution is -2.40. The standard InChI is InChI=1S/C19H23F4N5.HI/c1-3-24-18(28-7-6-14(12-28)15-10-26-27(2)11-15)25-9-13-4-5-16(20)8-17(13)19(21,22)23;/h4-5,8,10-11,14H,3,6-7,9,12H2,1-2H3,(H,24,25);1H. The molecule has 0 spiro atoms. The maximum absolute atomic E-state index is 13.3. The molecule has 3 rings (SSSR count). The number of hydrogen-bond donors (Lipinski definition) is 1. The Labute approximate surface area is 184 Å². The van der Waals surface area contributed by atoms with Gasteiger partial charge in [-0.15, -0.1) is 24.0 Å². The molecule has 0 bridgehead atoms. The number of nitrogens with one attached hydrogen (secondary N) is 1. The van der Waals surface area contributed by atoms with Crippen LogP contribution in [0.1, 0.15) is 36.0 Å². The van der Waals surface area contributed by atoms with E-state index in [1.54, 1.807) is 4.68 Å². The van der Waals surface area contributed by atoms with E-state index in [9.17, 15) is 17.6 Å². The smallest absolute Gasteiger partial charge is 0.357 e. The molecule has 160 valence electrons. The molecule has 2 aromatic rings. The molecule has 1 fully saturated rings. The molecule has 0 saturated carbocycles. The minimum atomic E-state index is -4.62. The third-order valence-electron chi connectivity index (χ3n) is 4.80. The monoisotopic (exact) mass is 525 g/mol. The lowest BCUT2D eigenvalue weighted by atomic mass is 10.0. The van der Waals surface area contributed by atoms with Crippen molar-refractivity contribution in [3.8, 4) is 0 Å². The average Bonchev–Trinajstić information content (AvgIpc) is 3.27. The van der Waals surface area contributed by atoms with Gasteiger partial charge in [-0.25, -0.2) is 9.38 Å². The van der Waals surface area contributed by atoms with E-state index in [1.165, 1.54) is 0 Å². The van der Waals surface area contributed by atoms with E-state index >= 15 is 0 Å². The van der Waals surface area contributed by atoms with Crippen molar-refractivity contribution in [2.75, 3.05) is 19.6 Å². The summed E-state index contributed by atoms with van der Waals surface area (Å²) in [4.78, 5) is 6.43. The average molecular weight is 525 g/mol. The summed E-state index contributed by atoms with van der Waals surface area (Å²) in [5, 5.41) is 7.34. The first-order valence-electron chi connectivity index (χ1n) is 9.15. The van der Waals surface area contributed by atoms with Gasteiger partial charge in [-0.2, -0.15) is 18.3 Å². The molecule has 0 aliphatic carbocycles. The summed E-state index contributed by atoms with van der Waals surface area (Å²) in [6.07, 6.45) is 0.115. The van der Waals surface area contributed by atoms with Crippen molar-refractivity contribution in [1.82, 2.24) is 20.0 Å². The highest BCUT2D eigenvalue weighted by Gasteiger charge is 2.34. The Morgan fingerprint density at radius 1 is 1.34 bits per heavy atom. The van der Waals surface area contributed by atoms with Crippen LogP contribution in [-0.2, 0) is 19.8 Å². The van der Waals surface area contributed by atoms with E-state index in [4.69, 9.17) is 0 Å². The Kier molecular flexibility index (Phi) is 7.89. The van der Waals surface area contributed by atoms with Crippen molar-refractivity contribution < 1.29 is 17.6 Å². The lowest BCUT2D eigenvalue weighted by Gasteiger charge is -2.22. The van der Waals surface area contributed by atoms with E-state index in [2.05, 4.69) is 15.4 Å². The summed E-state index contributed by atoms with van der Waals surface area (Å²) in [5.74, 6) is -0.0498. The zero-order valence-electron chi connectivity index (χ0n) is 16.2. The van der Waals surface area contributed by atoms with Gasteiger partial charge in [-0.1, -0.05) is 6.07 Å². The van der Waals surface area contributed by atoms with Gasteiger partial charge in [0, 0.05) is 38.8 Å². The van der Waals surface area contributed by atoms with Crippen molar-refractivity contribution in [1.29, 1.82) is 0 Å². The molecule has 1 atom stereocenters. The number of hydrogen-bond acceptors (Lipinski definition) is 2. The summed E-state index contributed by atoms with van der Waals surface area (Å²) in [7, 11) is 1.86. The van der Waals surface area contributed by atoms with Gasteiger partial charge < -0.3 is 10.2 Å². The minimum absolute atomic E-state index is 0. The van der Waals surface area contributed by atoms with Crippen LogP contribution < -0.4 is 5.32 Å². The number of rotatable bonds is 4. The number of halogens is 5. The SMILES string of the molecule is CCNC(=NCc1ccc(F)cc1C(F)(F)F)N1CCC(c2cnn(C)c2)C1.I. The first kappa shape index (κ1) is 23.4. The maximum Gasteiger partial charge on any atom is 0.416 e. The predicted molar refractivity (Wildman–Crippen MR) is 114 cm³/mol. The highest BCUT2D eigenvalue weighted by Crippen LogP contribution is 2.33. The molecule has 5 nitrogen and oxygen atoms in total. The highest BCUT2D eigenvalue weighted by atomic mass is 127. The van der Waals surface area contributed by atoms with E-state index in [1.807, 2.05) is 31.3 Å². The van der Waals surface area contributed by atoms with Crippen molar-refractivity contribution in [3.05, 3.63) is 53.1 Å². The Balaban J connectivity index is 0.00000300. The van der Waals surface area contributed by atoms with Crippen molar-refractivity contribution >= 4 is 29.9 Å². The molecule has 1 saturated heterocycles. The number of aryl methyl sites for hydroxylation is 1. The lowest BCUT2D eigenvalue weighted by molar-refractivity contribution is -0.138. The number of guanidine groups is 1. The van der Waals surface area contributed by atoms with E-state index < -0.39 is 17.6 Å². The first-order chi connectivity index (χ1) is 13.3. The zero-order chi connectivity index (χ0) is 20.3. The fourth-order valence-corrected chi connectivity index (χ4v) is 3.41. The number of benzene rings is 1. The van der Waals surface area contributed by atoms with Crippen LogP contribution in [0, 0.1) is 5.82 Å². The quantitative estimate of drug-likeness (QED) is 0.283. The molecule has 1 unspecified atom stereocenters. The van der Waals surface area contributed by atoms with Crippen LogP contribution in [0.3, 0.4) is 0 Å². The molecule has 10 heteroatoms. The van der Waals surface area contributed by atoms with Crippen LogP contribution in [0.4, 0.5) is 17.6 Å². The van der Waals surface area contributed by atoms with E-state index in [0.29, 0.717) is 31.0 Å². The van der Waals surface area contributed by atoms with Gasteiger partial charge >= 0.3 is 6.18 Å². The summed E-state index contributed by atoms with van der Waals surface area (Å²) >= 11 is 0. The third-order valence-corrected chi connectivity index (χ3v) is 4.80. The van der Waals surface area contributed by atoms with Crippen molar-refractivity contribution in [2.24, 2.45) is 12.0 Å². The van der Waals surface area contributed by atoms with Crippen LogP contribution in [0.5, 0.6) is 0 Å². The van der Waals surface area contributed by atoms with Crippen LogP contribution in [0.25, 0.3) is 0 Å². The van der Waals surface area contributed by atoms with Crippen molar-refractivity contribution in [3.63, 3.8) is 0 Å². The first-order valence-corrected chi connectivity index (χ1v) is 9.15. The number of aromatic nitrogens is 2. The summed E-state index contributed by atoms with van der Waals surface area (Å²) in [6.45, 7) is 3.80. The molecule has 0 amide bonds. The normalized spacial score (nSPS) is 17.4. The Morgan fingerprint density at radius 3 is 2.72 bits per heavy atom. The van der Waals surface area contributed by atoms with Crippen LogP contribution in [0.2, 0.25) is 0 Å². The predicted octanol–water partition coefficient (Wildman–Crippen LogP) is 4.15. The molecule has 1 aliphatic rings. The fourth-order valence-electron chi connectivity index (χ4n) is 3.41. The van der Waals surface area contributed by atoms with E-state index in [-0.39, 0.29) is 36.1 Å². The second-order valence-corrected chi connectivity index (χ2v) is 6.85. The molecule has 1 aromatic carbocycles. The van der Waals surface area contributed by atoms with Crippen LogP contribution in [0.15, 0.2) is 35.6 Å². The van der Waals surface area contributed by atoms with Gasteiger partial charge in [-0.05, 0) is 36.6 Å². The maximum atomic E-state index is 13.3. The molecule has 2 heterocycles. The second kappa shape index (κ2) is 9.77. The van der Waals surface area contributed by atoms with Gasteiger partial charge in [0.15, 0.2) is 5.96 Å². The molecule has 1 aliphatic heterocycles. The van der Waals surface area contributed by atoms with Crippen LogP contribution in [-0.4, -0.2) is 40.3 Å². The molecule has 0 radical (unpaired) electrons. The highest BCUT2D eigenvalue weighted by molar-refractivity contribution is 14.0. The molecular weight excluding hydrogens is 501 g/mol. The topological polar surface area (TPSA) is 45.5 Å². The zero-order valence-corrected chi connectivity index (χ0v) is 18.5. The largest absolute Gasteiger partial charge is 0.416 e. The molecule has 1 N–H and O–H groups in total. The molecular formula is C19H24F4IN5. The molecule has 1 aromatic heterocycles. The Bertz CT molecular complexity index is 849. The minimum Gasteiger partial charge on any atom is -0.357 e. The second-order valence-electron chi connectivity index (χ2n) is 6.85. The van der Waals surface area contributed by atoms with Crippen molar-refractivity contribution in [2.45, 2.75) is 32.0 Å². The Morgan fingerprint density at radius 2 is 2.10 bits per heavy atom. The van der Waals surface area contributed by atoms with E-state index in [0.717, 1.165) is 30.7 Å². The van der Waals surface area contributed by atoms with Gasteiger partial charge in [0.25, 0.3) is 0 Å². The summed E-state index contributed by atoms with van der Waals surface area (Å²) < 4.78 is 54.6. The number of alkyl halides is 3. The van der Waals surface area contributed by atoms with Gasteiger partial charge in [0.05, 0.1) is 18.3 Å². The van der Waals surface area contributed by atoms with Crippen LogP contribution >= 0.6 is 24.0 Å². The van der Waals surface area contributed by atoms with Gasteiger partial charge in [0.2, 0.25) is 0 Å². The third kappa shape index (κ3) is 5.83. The van der Waals surface area contributed by atoms with Gasteiger partial charge in [0.1, 0.15) is 5.82 Å². The number of aliphatic imine (C=N–C) groups is 1.